The highest BCUT2D eigenvalue weighted by molar-refractivity contribution is 5.85. The van der Waals surface area contributed by atoms with E-state index in [1.54, 1.807) is 7.11 Å². The number of nitrogens with zero attached hydrogens (tertiary/aromatic N) is 2. The van der Waals surface area contributed by atoms with Crippen LogP contribution in [0.2, 0.25) is 0 Å². The van der Waals surface area contributed by atoms with Crippen molar-refractivity contribution in [2.75, 3.05) is 38.2 Å². The van der Waals surface area contributed by atoms with Crippen LogP contribution in [0.1, 0.15) is 37.7 Å². The van der Waals surface area contributed by atoms with E-state index in [1.807, 2.05) is 0 Å². The molecule has 2 aliphatic rings. The highest BCUT2D eigenvalue weighted by Gasteiger charge is 2.40. The van der Waals surface area contributed by atoms with E-state index < -0.39 is 0 Å². The molecule has 0 amide bonds. The Morgan fingerprint density at radius 3 is 2.11 bits per heavy atom. The summed E-state index contributed by atoms with van der Waals surface area (Å²) in [7, 11) is 1.77. The molecule has 2 aromatic carbocycles. The van der Waals surface area contributed by atoms with Crippen molar-refractivity contribution in [1.29, 1.82) is 0 Å². The van der Waals surface area contributed by atoms with Crippen LogP contribution in [0.4, 0.5) is 5.69 Å². The molecule has 1 saturated carbocycles. The van der Waals surface area contributed by atoms with E-state index in [9.17, 15) is 0 Å². The summed E-state index contributed by atoms with van der Waals surface area (Å²) in [5.41, 5.74) is 2.99. The predicted molar refractivity (Wildman–Crippen MR) is 122 cm³/mol. The average Bonchev–Trinajstić information content (AvgIpc) is 2.75. The second kappa shape index (κ2) is 10.4. The van der Waals surface area contributed by atoms with Crippen molar-refractivity contribution in [3.63, 3.8) is 0 Å². The largest absolute Gasteiger partial charge is 0.497 e. The van der Waals surface area contributed by atoms with Crippen LogP contribution in [-0.4, -0.2) is 38.2 Å². The lowest BCUT2D eigenvalue weighted by atomic mass is 9.75. The van der Waals surface area contributed by atoms with E-state index in [4.69, 9.17) is 4.74 Å². The molecule has 1 aliphatic carbocycles. The highest BCUT2D eigenvalue weighted by Crippen LogP contribution is 2.43. The Morgan fingerprint density at radius 2 is 1.46 bits per heavy atom. The number of piperazine rings is 1. The molecule has 3 nitrogen and oxygen atoms in total. The zero-order chi connectivity index (χ0) is 17.8. The first kappa shape index (κ1) is 22.9. The van der Waals surface area contributed by atoms with Crippen LogP contribution in [0.5, 0.6) is 5.75 Å². The standard InChI is InChI=1S/C23H30N2O.2ClH/c1-26-22-12-8-9-20(19-22)23(13-6-3-7-14-23)25-17-15-24(16-18-25)21-10-4-2-5-11-21;;/h2,4-5,8-12,19H,3,6-7,13-18H2,1H3;2*1H. The Kier molecular flexibility index (Phi) is 8.48. The number of rotatable bonds is 4. The van der Waals surface area contributed by atoms with Crippen LogP contribution in [0.15, 0.2) is 54.6 Å². The maximum Gasteiger partial charge on any atom is 0.119 e. The van der Waals surface area contributed by atoms with Crippen LogP contribution in [0, 0.1) is 0 Å². The van der Waals surface area contributed by atoms with Crippen LogP contribution in [-0.2, 0) is 5.54 Å². The molecule has 154 valence electrons. The minimum absolute atomic E-state index is 0. The van der Waals surface area contributed by atoms with Crippen molar-refractivity contribution in [2.45, 2.75) is 37.6 Å². The topological polar surface area (TPSA) is 15.7 Å². The molecule has 0 unspecified atom stereocenters. The summed E-state index contributed by atoms with van der Waals surface area (Å²) in [6, 6.07) is 19.6. The van der Waals surface area contributed by atoms with Gasteiger partial charge < -0.3 is 9.64 Å². The fourth-order valence-corrected chi connectivity index (χ4v) is 4.87. The molecule has 0 spiro atoms. The van der Waals surface area contributed by atoms with Gasteiger partial charge in [0.05, 0.1) is 7.11 Å². The summed E-state index contributed by atoms with van der Waals surface area (Å²) < 4.78 is 5.53. The minimum Gasteiger partial charge on any atom is -0.497 e. The molecule has 0 bridgehead atoms. The average molecular weight is 423 g/mol. The Morgan fingerprint density at radius 1 is 0.786 bits per heavy atom. The number of hydrogen-bond donors (Lipinski definition) is 0. The predicted octanol–water partition coefficient (Wildman–Crippen LogP) is 5.52. The summed E-state index contributed by atoms with van der Waals surface area (Å²) in [6.07, 6.45) is 6.57. The molecule has 1 saturated heterocycles. The molecule has 2 aromatic rings. The lowest BCUT2D eigenvalue weighted by Crippen LogP contribution is -2.56. The van der Waals surface area contributed by atoms with Crippen molar-refractivity contribution in [3.05, 3.63) is 60.2 Å². The van der Waals surface area contributed by atoms with Crippen LogP contribution in [0.3, 0.4) is 0 Å². The Bertz CT molecular complexity index is 712. The van der Waals surface area contributed by atoms with E-state index in [0.29, 0.717) is 0 Å². The maximum atomic E-state index is 5.53. The van der Waals surface area contributed by atoms with Gasteiger partial charge in [-0.2, -0.15) is 0 Å². The number of hydrogen-bond acceptors (Lipinski definition) is 3. The highest BCUT2D eigenvalue weighted by atomic mass is 35.5. The molecular weight excluding hydrogens is 391 g/mol. The molecule has 2 fully saturated rings. The smallest absolute Gasteiger partial charge is 0.119 e. The molecule has 0 aromatic heterocycles. The zero-order valence-electron chi connectivity index (χ0n) is 16.7. The molecule has 0 radical (unpaired) electrons. The minimum atomic E-state index is 0. The lowest BCUT2D eigenvalue weighted by Gasteiger charge is -2.50. The third-order valence-electron chi connectivity index (χ3n) is 6.29. The first-order chi connectivity index (χ1) is 12.8. The summed E-state index contributed by atoms with van der Waals surface area (Å²) in [6.45, 7) is 4.48. The van der Waals surface area contributed by atoms with Gasteiger partial charge in [-0.3, -0.25) is 4.90 Å². The van der Waals surface area contributed by atoms with Gasteiger partial charge in [-0.15, -0.1) is 24.8 Å². The fraction of sp³-hybridized carbons (Fsp3) is 0.478. The number of para-hydroxylation sites is 1. The monoisotopic (exact) mass is 422 g/mol. The second-order valence-electron chi connectivity index (χ2n) is 7.63. The van der Waals surface area contributed by atoms with Gasteiger partial charge in [0.15, 0.2) is 0 Å². The van der Waals surface area contributed by atoms with Crippen molar-refractivity contribution in [3.8, 4) is 5.75 Å². The summed E-state index contributed by atoms with van der Waals surface area (Å²) >= 11 is 0. The first-order valence-electron chi connectivity index (χ1n) is 10.0. The number of anilines is 1. The summed E-state index contributed by atoms with van der Waals surface area (Å²) in [4.78, 5) is 5.29. The van der Waals surface area contributed by atoms with E-state index in [0.717, 1.165) is 31.9 Å². The number of methoxy groups -OCH3 is 1. The van der Waals surface area contributed by atoms with Gasteiger partial charge in [-0.1, -0.05) is 49.6 Å². The van der Waals surface area contributed by atoms with Crippen molar-refractivity contribution >= 4 is 30.5 Å². The molecular formula is C23H32Cl2N2O. The molecule has 0 N–H and O–H groups in total. The summed E-state index contributed by atoms with van der Waals surface area (Å²) in [5.74, 6) is 0.982. The zero-order valence-corrected chi connectivity index (χ0v) is 18.3. The number of halogens is 2. The normalized spacial score (nSPS) is 19.2. The molecule has 5 heteroatoms. The van der Waals surface area contributed by atoms with Gasteiger partial charge >= 0.3 is 0 Å². The van der Waals surface area contributed by atoms with E-state index in [-0.39, 0.29) is 30.4 Å². The Labute approximate surface area is 181 Å². The third-order valence-corrected chi connectivity index (χ3v) is 6.29. The van der Waals surface area contributed by atoms with E-state index >= 15 is 0 Å². The van der Waals surface area contributed by atoms with Crippen molar-refractivity contribution < 1.29 is 4.74 Å². The van der Waals surface area contributed by atoms with Crippen LogP contribution >= 0.6 is 24.8 Å². The SMILES string of the molecule is COc1cccc(C2(N3CCN(c4ccccc4)CC3)CCCCC2)c1.Cl.Cl. The van der Waals surface area contributed by atoms with Gasteiger partial charge in [0.2, 0.25) is 0 Å². The van der Waals surface area contributed by atoms with E-state index in [1.165, 1.54) is 43.4 Å². The third kappa shape index (κ3) is 4.59. The van der Waals surface area contributed by atoms with Gasteiger partial charge in [-0.25, -0.2) is 0 Å². The van der Waals surface area contributed by atoms with Gasteiger partial charge in [-0.05, 0) is 42.7 Å². The van der Waals surface area contributed by atoms with Crippen LogP contribution < -0.4 is 9.64 Å². The van der Waals surface area contributed by atoms with Gasteiger partial charge in [0.25, 0.3) is 0 Å². The first-order valence-corrected chi connectivity index (χ1v) is 10.0. The number of benzene rings is 2. The molecule has 1 heterocycles. The van der Waals surface area contributed by atoms with Gasteiger partial charge in [0, 0.05) is 37.4 Å². The number of ether oxygens (including phenoxy) is 1. The van der Waals surface area contributed by atoms with Crippen molar-refractivity contribution in [2.24, 2.45) is 0 Å². The molecule has 28 heavy (non-hydrogen) atoms. The molecule has 1 aliphatic heterocycles. The van der Waals surface area contributed by atoms with Gasteiger partial charge in [0.1, 0.15) is 5.75 Å². The van der Waals surface area contributed by atoms with E-state index in [2.05, 4.69) is 64.4 Å². The Hall–Kier alpha value is -1.42. The Balaban J connectivity index is 0.00000140. The maximum absolute atomic E-state index is 5.53. The van der Waals surface area contributed by atoms with Crippen LogP contribution in [0.25, 0.3) is 0 Å². The molecule has 0 atom stereocenters. The summed E-state index contributed by atoms with van der Waals surface area (Å²) in [5, 5.41) is 0. The molecule has 4 rings (SSSR count). The quantitative estimate of drug-likeness (QED) is 0.644. The fourth-order valence-electron chi connectivity index (χ4n) is 4.87. The second-order valence-corrected chi connectivity index (χ2v) is 7.63. The van der Waals surface area contributed by atoms with Crippen molar-refractivity contribution in [1.82, 2.24) is 4.90 Å². The lowest BCUT2D eigenvalue weighted by molar-refractivity contribution is 0.0415.